The lowest BCUT2D eigenvalue weighted by atomic mass is 9.86. The van der Waals surface area contributed by atoms with Gasteiger partial charge in [-0.15, -0.1) is 0 Å². The van der Waals surface area contributed by atoms with Gasteiger partial charge in [-0.25, -0.2) is 0 Å². The number of aromatic nitrogens is 3. The molecule has 2 aromatic carbocycles. The monoisotopic (exact) mass is 486 g/mol. The Balaban J connectivity index is 1.30. The molecule has 1 unspecified atom stereocenters. The van der Waals surface area contributed by atoms with Crippen LogP contribution in [0.4, 0.5) is 4.39 Å². The Morgan fingerprint density at radius 3 is 2.83 bits per heavy atom. The zero-order valence-corrected chi connectivity index (χ0v) is 19.9. The molecule has 2 aromatic heterocycles. The van der Waals surface area contributed by atoms with Crippen molar-refractivity contribution in [3.8, 4) is 17.2 Å². The van der Waals surface area contributed by atoms with Crippen LogP contribution in [0.15, 0.2) is 60.9 Å². The Bertz CT molecular complexity index is 1430. The van der Waals surface area contributed by atoms with E-state index in [0.717, 1.165) is 58.5 Å². The van der Waals surface area contributed by atoms with Crippen LogP contribution in [-0.4, -0.2) is 58.1 Å². The molecule has 0 amide bonds. The lowest BCUT2D eigenvalue weighted by Gasteiger charge is -2.37. The summed E-state index contributed by atoms with van der Waals surface area (Å²) in [6.45, 7) is 4.70. The van der Waals surface area contributed by atoms with Gasteiger partial charge in [-0.3, -0.25) is 19.4 Å². The van der Waals surface area contributed by atoms with Crippen LogP contribution < -0.4 is 9.47 Å². The Hall–Kier alpha value is -3.91. The Morgan fingerprint density at radius 1 is 1.14 bits per heavy atom. The van der Waals surface area contributed by atoms with E-state index in [1.165, 1.54) is 0 Å². The summed E-state index contributed by atoms with van der Waals surface area (Å²) in [5, 5.41) is 18.4. The van der Waals surface area contributed by atoms with Crippen LogP contribution >= 0.6 is 0 Å². The number of pyridine rings is 1. The molecular weight excluding hydrogens is 459 g/mol. The Labute approximate surface area is 208 Å². The number of aromatic amines is 1. The fourth-order valence-corrected chi connectivity index (χ4v) is 5.08. The molecule has 0 radical (unpaired) electrons. The van der Waals surface area contributed by atoms with Crippen LogP contribution in [0, 0.1) is 5.92 Å². The largest absolute Gasteiger partial charge is 0.508 e. The van der Waals surface area contributed by atoms with Gasteiger partial charge in [0.25, 0.3) is 0 Å². The minimum atomic E-state index is -0.449. The second-order valence-corrected chi connectivity index (χ2v) is 9.40. The molecule has 2 aliphatic heterocycles. The third-order valence-corrected chi connectivity index (χ3v) is 7.01. The number of allylic oxidation sites excluding steroid dienone is 1. The van der Waals surface area contributed by atoms with E-state index in [1.54, 1.807) is 24.4 Å². The number of nitrogens with one attached hydrogen (secondary N) is 1. The van der Waals surface area contributed by atoms with Gasteiger partial charge in [-0.1, -0.05) is 12.1 Å². The van der Waals surface area contributed by atoms with Gasteiger partial charge in [0.05, 0.1) is 30.3 Å². The average Bonchev–Trinajstić information content (AvgIpc) is 3.35. The first kappa shape index (κ1) is 22.5. The molecule has 6 rings (SSSR count). The van der Waals surface area contributed by atoms with E-state index in [1.807, 2.05) is 37.4 Å². The first-order chi connectivity index (χ1) is 17.6. The molecule has 4 heterocycles. The van der Waals surface area contributed by atoms with E-state index in [-0.39, 0.29) is 18.3 Å². The van der Waals surface area contributed by atoms with Crippen molar-refractivity contribution in [1.82, 2.24) is 20.1 Å². The summed E-state index contributed by atoms with van der Waals surface area (Å²) >= 11 is 0. The number of H-pyrrole nitrogens is 1. The predicted octanol–water partition coefficient (Wildman–Crippen LogP) is 5.01. The molecule has 0 bridgehead atoms. The molecule has 8 heteroatoms. The topological polar surface area (TPSA) is 83.5 Å². The van der Waals surface area contributed by atoms with Gasteiger partial charge >= 0.3 is 0 Å². The highest BCUT2D eigenvalue weighted by molar-refractivity contribution is 6.02. The fourth-order valence-electron chi connectivity index (χ4n) is 5.08. The minimum absolute atomic E-state index is 0.175. The third-order valence-electron chi connectivity index (χ3n) is 7.01. The molecule has 1 atom stereocenters. The number of likely N-dealkylation sites (tertiary alicyclic amines) is 1. The van der Waals surface area contributed by atoms with Crippen molar-refractivity contribution < 1.29 is 19.0 Å². The molecule has 7 nitrogen and oxygen atoms in total. The summed E-state index contributed by atoms with van der Waals surface area (Å²) in [5.41, 5.74) is 5.52. The van der Waals surface area contributed by atoms with Crippen LogP contribution in [0.25, 0.3) is 22.0 Å². The van der Waals surface area contributed by atoms with Gasteiger partial charge < -0.3 is 14.6 Å². The van der Waals surface area contributed by atoms with E-state index in [4.69, 9.17) is 14.5 Å². The average molecular weight is 487 g/mol. The smallest absolute Gasteiger partial charge is 0.166 e. The Kier molecular flexibility index (Phi) is 5.81. The lowest BCUT2D eigenvalue weighted by Crippen LogP contribution is -2.49. The maximum Gasteiger partial charge on any atom is 0.166 e. The number of alkyl halides is 1. The number of benzene rings is 2. The number of phenols is 1. The predicted molar refractivity (Wildman–Crippen MR) is 136 cm³/mol. The number of phenolic OH excluding ortho intramolecular Hbond substituents is 1. The number of halogens is 1. The first-order valence-electron chi connectivity index (χ1n) is 12.1. The number of rotatable bonds is 7. The summed E-state index contributed by atoms with van der Waals surface area (Å²) < 4.78 is 25.0. The van der Waals surface area contributed by atoms with E-state index in [2.05, 4.69) is 21.2 Å². The first-order valence-corrected chi connectivity index (χ1v) is 12.1. The summed E-state index contributed by atoms with van der Waals surface area (Å²) in [5.74, 6) is 1.74. The van der Waals surface area contributed by atoms with Gasteiger partial charge in [0.15, 0.2) is 6.10 Å². The van der Waals surface area contributed by atoms with Gasteiger partial charge in [-0.2, -0.15) is 5.10 Å². The fraction of sp³-hybridized carbons (Fsp3) is 0.286. The molecule has 1 fully saturated rings. The molecule has 0 saturated carbocycles. The number of hydrogen-bond donors (Lipinski definition) is 2. The van der Waals surface area contributed by atoms with Crippen LogP contribution in [0.3, 0.4) is 0 Å². The molecule has 0 spiro atoms. The van der Waals surface area contributed by atoms with E-state index < -0.39 is 6.10 Å². The number of aromatic hydroxyl groups is 1. The molecule has 4 aromatic rings. The summed E-state index contributed by atoms with van der Waals surface area (Å²) in [6.07, 6.45) is 3.09. The van der Waals surface area contributed by atoms with Crippen molar-refractivity contribution in [2.45, 2.75) is 13.0 Å². The zero-order chi connectivity index (χ0) is 24.6. The van der Waals surface area contributed by atoms with E-state index in [0.29, 0.717) is 18.1 Å². The molecule has 2 aliphatic rings. The molecule has 1 saturated heterocycles. The highest BCUT2D eigenvalue weighted by Gasteiger charge is 2.31. The molecule has 184 valence electrons. The highest BCUT2D eigenvalue weighted by Crippen LogP contribution is 2.48. The van der Waals surface area contributed by atoms with Gasteiger partial charge in [0.1, 0.15) is 23.9 Å². The normalized spacial score (nSPS) is 18.1. The second kappa shape index (κ2) is 9.28. The second-order valence-electron chi connectivity index (χ2n) is 9.40. The maximum absolute atomic E-state index is 12.6. The summed E-state index contributed by atoms with van der Waals surface area (Å²) in [6, 6.07) is 15.0. The third kappa shape index (κ3) is 4.07. The molecule has 36 heavy (non-hydrogen) atoms. The van der Waals surface area contributed by atoms with Crippen LogP contribution in [0.2, 0.25) is 0 Å². The standard InChI is InChI=1S/C28H27FN4O3/c1-17-22-11-19(34)5-8-26(22)36-28(27(17)21-3-2-4-24-23(21)14-31-32-24)25-7-6-20(13-30-25)35-10-9-33-15-18(12-29)16-33/h2-8,11,13-14,18,28,34H,9-10,12,15-16H2,1H3,(H,31,32). The highest BCUT2D eigenvalue weighted by atomic mass is 19.1. The van der Waals surface area contributed by atoms with Gasteiger partial charge in [-0.05, 0) is 54.5 Å². The van der Waals surface area contributed by atoms with E-state index in [9.17, 15) is 9.50 Å². The molecular formula is C28H27FN4O3. The van der Waals surface area contributed by atoms with Gasteiger partial charge in [0, 0.05) is 42.1 Å². The van der Waals surface area contributed by atoms with Crippen LogP contribution in [0.5, 0.6) is 17.2 Å². The number of ether oxygens (including phenoxy) is 2. The zero-order valence-electron chi connectivity index (χ0n) is 19.9. The summed E-state index contributed by atoms with van der Waals surface area (Å²) in [7, 11) is 0. The molecule has 0 aliphatic carbocycles. The summed E-state index contributed by atoms with van der Waals surface area (Å²) in [4.78, 5) is 6.90. The molecule has 2 N–H and O–H groups in total. The maximum atomic E-state index is 12.6. The number of hydrogen-bond acceptors (Lipinski definition) is 6. The van der Waals surface area contributed by atoms with Crippen molar-refractivity contribution in [3.05, 3.63) is 77.7 Å². The van der Waals surface area contributed by atoms with Crippen molar-refractivity contribution >= 4 is 22.0 Å². The quantitative estimate of drug-likeness (QED) is 0.382. The van der Waals surface area contributed by atoms with E-state index >= 15 is 0 Å². The van der Waals surface area contributed by atoms with Crippen molar-refractivity contribution in [2.75, 3.05) is 32.9 Å². The number of nitrogens with zero attached hydrogens (tertiary/aromatic N) is 3. The minimum Gasteiger partial charge on any atom is -0.508 e. The van der Waals surface area contributed by atoms with Gasteiger partial charge in [0.2, 0.25) is 0 Å². The van der Waals surface area contributed by atoms with Crippen molar-refractivity contribution in [2.24, 2.45) is 5.92 Å². The van der Waals surface area contributed by atoms with Crippen molar-refractivity contribution in [3.63, 3.8) is 0 Å². The number of fused-ring (bicyclic) bond motifs is 2. The van der Waals surface area contributed by atoms with Crippen molar-refractivity contribution in [1.29, 1.82) is 0 Å². The lowest BCUT2D eigenvalue weighted by molar-refractivity contribution is 0.0668. The van der Waals surface area contributed by atoms with Crippen LogP contribution in [0.1, 0.15) is 29.8 Å². The Morgan fingerprint density at radius 2 is 2.03 bits per heavy atom. The van der Waals surface area contributed by atoms with Crippen LogP contribution in [-0.2, 0) is 0 Å². The SMILES string of the molecule is CC1=C(c2cccc3[nH]ncc23)C(c2ccc(OCCN3CC(CF)C3)cn2)Oc2ccc(O)cc21.